The van der Waals surface area contributed by atoms with E-state index in [1.54, 1.807) is 0 Å². The summed E-state index contributed by atoms with van der Waals surface area (Å²) in [6.07, 6.45) is 0. The Hall–Kier alpha value is -6.39. The summed E-state index contributed by atoms with van der Waals surface area (Å²) in [4.78, 5) is 15.9. The second-order valence-corrected chi connectivity index (χ2v) is 17.2. The number of furan rings is 1. The molecule has 2 aliphatic carbocycles. The molecular weight excluding hydrogens is 683 g/mol. The normalized spacial score (nSPS) is 15.8. The van der Waals surface area contributed by atoms with E-state index in [4.69, 9.17) is 19.4 Å². The van der Waals surface area contributed by atoms with Crippen LogP contribution in [0.15, 0.2) is 144 Å². The zero-order chi connectivity index (χ0) is 38.1. The predicted octanol–water partition coefficient (Wildman–Crippen LogP) is 13.5. The maximum absolute atomic E-state index is 6.32. The molecule has 0 N–H and O–H groups in total. The minimum absolute atomic E-state index is 0.0414. The van der Waals surface area contributed by atoms with Crippen LogP contribution in [0, 0.1) is 0 Å². The second kappa shape index (κ2) is 11.3. The van der Waals surface area contributed by atoms with E-state index in [9.17, 15) is 0 Å². The van der Waals surface area contributed by atoms with Gasteiger partial charge >= 0.3 is 0 Å². The molecule has 7 aromatic carbocycles. The monoisotopic (exact) mass is 723 g/mol. The van der Waals surface area contributed by atoms with Gasteiger partial charge < -0.3 is 4.42 Å². The molecule has 0 radical (unpaired) electrons. The molecule has 0 saturated carbocycles. The number of fused-ring (bicyclic) bond motifs is 12. The Morgan fingerprint density at radius 3 is 1.82 bits per heavy atom. The standard InChI is InChI=1S/C52H41N3O/c1-50(2)40-29-37(49-54-47(30-17-8-7-9-18-30)53-48(55-49)36-23-16-26-42-44(36)34-22-13-15-25-41(34)56-42)31-19-10-11-20-32(31)43(40)35-27-28-39-45(46(35)50)33-21-12-14-24-38(33)51(3,4)52(39,5)6/h7-29H,1-6H3. The van der Waals surface area contributed by atoms with E-state index in [2.05, 4.69) is 139 Å². The first-order valence-corrected chi connectivity index (χ1v) is 19.6. The van der Waals surface area contributed by atoms with Gasteiger partial charge in [0, 0.05) is 32.9 Å². The van der Waals surface area contributed by atoms with Crippen LogP contribution in [0.2, 0.25) is 0 Å². The summed E-state index contributed by atoms with van der Waals surface area (Å²) in [5.41, 5.74) is 15.0. The van der Waals surface area contributed by atoms with Gasteiger partial charge in [-0.1, -0.05) is 163 Å². The van der Waals surface area contributed by atoms with Gasteiger partial charge in [-0.2, -0.15) is 0 Å². The van der Waals surface area contributed by atoms with Crippen LogP contribution in [0.1, 0.15) is 63.8 Å². The van der Waals surface area contributed by atoms with Crippen LogP contribution in [-0.2, 0) is 16.2 Å². The van der Waals surface area contributed by atoms with Gasteiger partial charge in [0.1, 0.15) is 11.2 Å². The maximum Gasteiger partial charge on any atom is 0.164 e. The molecule has 2 aromatic heterocycles. The summed E-state index contributed by atoms with van der Waals surface area (Å²) in [6, 6.07) is 49.7. The van der Waals surface area contributed by atoms with Crippen molar-refractivity contribution in [3.05, 3.63) is 162 Å². The Balaban J connectivity index is 1.19. The van der Waals surface area contributed by atoms with E-state index in [-0.39, 0.29) is 16.2 Å². The van der Waals surface area contributed by atoms with Gasteiger partial charge in [-0.15, -0.1) is 0 Å². The highest BCUT2D eigenvalue weighted by molar-refractivity contribution is 6.12. The molecule has 9 aromatic rings. The van der Waals surface area contributed by atoms with Gasteiger partial charge in [0.05, 0.1) is 0 Å². The summed E-state index contributed by atoms with van der Waals surface area (Å²) in [5.74, 6) is 1.91. The second-order valence-electron chi connectivity index (χ2n) is 17.2. The van der Waals surface area contributed by atoms with E-state index in [0.29, 0.717) is 17.5 Å². The minimum Gasteiger partial charge on any atom is -0.456 e. The fraction of sp³-hybridized carbons (Fsp3) is 0.173. The average Bonchev–Trinajstić information content (AvgIpc) is 3.72. The van der Waals surface area contributed by atoms with Crippen LogP contribution in [-0.4, -0.2) is 15.0 Å². The van der Waals surface area contributed by atoms with E-state index in [0.717, 1.165) is 44.0 Å². The Labute approximate surface area is 326 Å². The highest BCUT2D eigenvalue weighted by Crippen LogP contribution is 2.61. The van der Waals surface area contributed by atoms with Crippen molar-refractivity contribution in [2.45, 2.75) is 57.8 Å². The molecule has 0 spiro atoms. The largest absolute Gasteiger partial charge is 0.456 e. The molecule has 0 atom stereocenters. The summed E-state index contributed by atoms with van der Waals surface area (Å²) < 4.78 is 6.32. The van der Waals surface area contributed by atoms with Gasteiger partial charge in [0.2, 0.25) is 0 Å². The number of rotatable bonds is 3. The Morgan fingerprint density at radius 1 is 0.411 bits per heavy atom. The summed E-state index contributed by atoms with van der Waals surface area (Å²) in [5, 5.41) is 4.38. The van der Waals surface area contributed by atoms with Crippen LogP contribution in [0.5, 0.6) is 0 Å². The maximum atomic E-state index is 6.32. The molecule has 0 fully saturated rings. The first-order valence-electron chi connectivity index (χ1n) is 19.6. The molecule has 0 aliphatic heterocycles. The first kappa shape index (κ1) is 33.0. The Morgan fingerprint density at radius 2 is 1.02 bits per heavy atom. The zero-order valence-electron chi connectivity index (χ0n) is 32.5. The SMILES string of the molecule is CC1(C)c2cc(-c3nc(-c4ccccc4)nc(-c4cccc5oc6ccccc6c45)n3)c3ccccc3c2-c2ccc3c(c21)-c1ccccc1C(C)(C)C3(C)C. The van der Waals surface area contributed by atoms with Crippen LogP contribution >= 0.6 is 0 Å². The van der Waals surface area contributed by atoms with E-state index in [1.807, 2.05) is 42.5 Å². The van der Waals surface area contributed by atoms with Crippen LogP contribution < -0.4 is 0 Å². The van der Waals surface area contributed by atoms with Crippen LogP contribution in [0.3, 0.4) is 0 Å². The third-order valence-corrected chi connectivity index (χ3v) is 13.5. The molecule has 2 aliphatic rings. The molecule has 0 amide bonds. The van der Waals surface area contributed by atoms with Gasteiger partial charge in [0.25, 0.3) is 0 Å². The quantitative estimate of drug-likeness (QED) is 0.182. The third kappa shape index (κ3) is 4.33. The summed E-state index contributed by atoms with van der Waals surface area (Å²) in [7, 11) is 0. The molecule has 4 heteroatoms. The number of para-hydroxylation sites is 1. The van der Waals surface area contributed by atoms with Crippen molar-refractivity contribution >= 4 is 32.7 Å². The molecule has 0 saturated heterocycles. The number of aromatic nitrogens is 3. The number of benzene rings is 7. The Bertz CT molecular complexity index is 3110. The van der Waals surface area contributed by atoms with Crippen molar-refractivity contribution in [2.75, 3.05) is 0 Å². The predicted molar refractivity (Wildman–Crippen MR) is 230 cm³/mol. The zero-order valence-corrected chi connectivity index (χ0v) is 32.5. The number of hydrogen-bond acceptors (Lipinski definition) is 4. The highest BCUT2D eigenvalue weighted by Gasteiger charge is 2.49. The van der Waals surface area contributed by atoms with Crippen molar-refractivity contribution < 1.29 is 4.42 Å². The van der Waals surface area contributed by atoms with Gasteiger partial charge in [-0.3, -0.25) is 0 Å². The molecule has 2 heterocycles. The molecule has 56 heavy (non-hydrogen) atoms. The molecule has 270 valence electrons. The van der Waals surface area contributed by atoms with Crippen molar-refractivity contribution in [1.82, 2.24) is 15.0 Å². The molecular formula is C52H41N3O. The Kier molecular flexibility index (Phi) is 6.68. The van der Waals surface area contributed by atoms with Gasteiger partial charge in [0.15, 0.2) is 17.5 Å². The van der Waals surface area contributed by atoms with E-state index in [1.165, 1.54) is 49.9 Å². The van der Waals surface area contributed by atoms with Crippen LogP contribution in [0.4, 0.5) is 0 Å². The average molecular weight is 724 g/mol. The lowest BCUT2D eigenvalue weighted by atomic mass is 9.54. The number of hydrogen-bond donors (Lipinski definition) is 0. The topological polar surface area (TPSA) is 51.8 Å². The third-order valence-electron chi connectivity index (χ3n) is 13.5. The van der Waals surface area contributed by atoms with Gasteiger partial charge in [-0.25, -0.2) is 15.0 Å². The lowest BCUT2D eigenvalue weighted by Crippen LogP contribution is -2.44. The fourth-order valence-corrected chi connectivity index (χ4v) is 9.95. The van der Waals surface area contributed by atoms with Crippen molar-refractivity contribution in [3.63, 3.8) is 0 Å². The van der Waals surface area contributed by atoms with Gasteiger partial charge in [-0.05, 0) is 84.3 Å². The molecule has 0 bridgehead atoms. The highest BCUT2D eigenvalue weighted by atomic mass is 16.3. The molecule has 4 nitrogen and oxygen atoms in total. The fourth-order valence-electron chi connectivity index (χ4n) is 9.95. The lowest BCUT2D eigenvalue weighted by molar-refractivity contribution is 0.298. The smallest absolute Gasteiger partial charge is 0.164 e. The van der Waals surface area contributed by atoms with Crippen molar-refractivity contribution in [1.29, 1.82) is 0 Å². The lowest BCUT2D eigenvalue weighted by Gasteiger charge is -2.49. The van der Waals surface area contributed by atoms with E-state index >= 15 is 0 Å². The van der Waals surface area contributed by atoms with Crippen LogP contribution in [0.25, 0.3) is 89.1 Å². The summed E-state index contributed by atoms with van der Waals surface area (Å²) >= 11 is 0. The first-order chi connectivity index (χ1) is 27.1. The number of nitrogens with zero attached hydrogens (tertiary/aromatic N) is 3. The van der Waals surface area contributed by atoms with E-state index < -0.39 is 0 Å². The van der Waals surface area contributed by atoms with Crippen molar-refractivity contribution in [2.24, 2.45) is 0 Å². The molecule has 11 rings (SSSR count). The minimum atomic E-state index is -0.307. The van der Waals surface area contributed by atoms with Crippen molar-refractivity contribution in [3.8, 4) is 56.4 Å². The summed E-state index contributed by atoms with van der Waals surface area (Å²) in [6.45, 7) is 14.5. The molecule has 0 unspecified atom stereocenters.